The summed E-state index contributed by atoms with van der Waals surface area (Å²) >= 11 is 0. The Balaban J connectivity index is 3.81. The maximum absolute atomic E-state index is 11.3. The van der Waals surface area contributed by atoms with Gasteiger partial charge >= 0.3 is 5.97 Å². The van der Waals surface area contributed by atoms with Gasteiger partial charge in [0.25, 0.3) is 0 Å². The normalized spacial score (nSPS) is 13.4. The zero-order chi connectivity index (χ0) is 11.4. The molecule has 0 saturated carbocycles. The Morgan fingerprint density at radius 3 is 2.36 bits per heavy atom. The minimum Gasteiger partial charge on any atom is -0.460 e. The first kappa shape index (κ1) is 13.0. The van der Waals surface area contributed by atoms with E-state index >= 15 is 0 Å². The highest BCUT2D eigenvalue weighted by atomic mass is 16.6. The van der Waals surface area contributed by atoms with Gasteiger partial charge in [-0.2, -0.15) is 0 Å². The van der Waals surface area contributed by atoms with Gasteiger partial charge in [0, 0.05) is 12.1 Å². The van der Waals surface area contributed by atoms with E-state index in [-0.39, 0.29) is 11.9 Å². The van der Waals surface area contributed by atoms with Crippen LogP contribution in [0.4, 0.5) is 0 Å². The van der Waals surface area contributed by atoms with Crippen LogP contribution in [0.1, 0.15) is 40.5 Å². The van der Waals surface area contributed by atoms with Gasteiger partial charge in [0.15, 0.2) is 0 Å². The Hall–Kier alpha value is -0.990. The minimum atomic E-state index is -0.403. The Bertz CT molecular complexity index is 216. The van der Waals surface area contributed by atoms with Crippen LogP contribution in [0.3, 0.4) is 0 Å². The van der Waals surface area contributed by atoms with Crippen molar-refractivity contribution in [1.82, 2.24) is 0 Å². The SMILES string of the molecule is C=C(N)C(C)CCC(=O)OC(C)(C)C. The summed E-state index contributed by atoms with van der Waals surface area (Å²) in [7, 11) is 0. The molecular formula is C11H21NO2. The lowest BCUT2D eigenvalue weighted by Crippen LogP contribution is -2.24. The molecule has 0 aromatic heterocycles. The zero-order valence-corrected chi connectivity index (χ0v) is 9.59. The molecule has 0 radical (unpaired) electrons. The second kappa shape index (κ2) is 5.03. The molecule has 0 amide bonds. The number of carbonyl (C=O) groups is 1. The van der Waals surface area contributed by atoms with Gasteiger partial charge in [-0.25, -0.2) is 0 Å². The minimum absolute atomic E-state index is 0.169. The first-order valence-electron chi connectivity index (χ1n) is 4.88. The van der Waals surface area contributed by atoms with E-state index in [4.69, 9.17) is 10.5 Å². The summed E-state index contributed by atoms with van der Waals surface area (Å²) < 4.78 is 5.16. The predicted molar refractivity (Wildman–Crippen MR) is 57.6 cm³/mol. The number of esters is 1. The topological polar surface area (TPSA) is 52.3 Å². The van der Waals surface area contributed by atoms with Gasteiger partial charge in [-0.15, -0.1) is 0 Å². The third-order valence-electron chi connectivity index (χ3n) is 1.83. The van der Waals surface area contributed by atoms with Crippen LogP contribution in [0, 0.1) is 5.92 Å². The van der Waals surface area contributed by atoms with E-state index in [9.17, 15) is 4.79 Å². The van der Waals surface area contributed by atoms with Crippen LogP contribution in [0.25, 0.3) is 0 Å². The summed E-state index contributed by atoms with van der Waals surface area (Å²) in [5.74, 6) is -0.00637. The zero-order valence-electron chi connectivity index (χ0n) is 9.59. The van der Waals surface area contributed by atoms with Crippen LogP contribution in [-0.2, 0) is 9.53 Å². The smallest absolute Gasteiger partial charge is 0.306 e. The Labute approximate surface area is 86.3 Å². The number of hydrogen-bond acceptors (Lipinski definition) is 3. The van der Waals surface area contributed by atoms with E-state index in [1.165, 1.54) is 0 Å². The monoisotopic (exact) mass is 199 g/mol. The molecule has 82 valence electrons. The highest BCUT2D eigenvalue weighted by Crippen LogP contribution is 2.14. The van der Waals surface area contributed by atoms with E-state index in [1.54, 1.807) is 0 Å². The van der Waals surface area contributed by atoms with E-state index < -0.39 is 5.60 Å². The molecule has 0 bridgehead atoms. The number of allylic oxidation sites excluding steroid dienone is 1. The average molecular weight is 199 g/mol. The Morgan fingerprint density at radius 2 is 2.00 bits per heavy atom. The van der Waals surface area contributed by atoms with Crippen molar-refractivity contribution < 1.29 is 9.53 Å². The molecule has 0 aliphatic carbocycles. The fourth-order valence-electron chi connectivity index (χ4n) is 0.912. The quantitative estimate of drug-likeness (QED) is 0.706. The van der Waals surface area contributed by atoms with Crippen molar-refractivity contribution in [2.75, 3.05) is 0 Å². The molecule has 1 atom stereocenters. The molecular weight excluding hydrogens is 178 g/mol. The molecule has 0 aliphatic heterocycles. The van der Waals surface area contributed by atoms with E-state index in [0.29, 0.717) is 18.5 Å². The fourth-order valence-corrected chi connectivity index (χ4v) is 0.912. The van der Waals surface area contributed by atoms with Crippen molar-refractivity contribution in [3.8, 4) is 0 Å². The number of nitrogens with two attached hydrogens (primary N) is 1. The molecule has 0 fully saturated rings. The average Bonchev–Trinajstić information content (AvgIpc) is 1.96. The highest BCUT2D eigenvalue weighted by molar-refractivity contribution is 5.69. The fraction of sp³-hybridized carbons (Fsp3) is 0.727. The van der Waals surface area contributed by atoms with Gasteiger partial charge in [-0.05, 0) is 33.1 Å². The largest absolute Gasteiger partial charge is 0.460 e. The summed E-state index contributed by atoms with van der Waals surface area (Å²) in [5, 5.41) is 0. The van der Waals surface area contributed by atoms with Crippen molar-refractivity contribution >= 4 is 5.97 Å². The lowest BCUT2D eigenvalue weighted by molar-refractivity contribution is -0.155. The van der Waals surface area contributed by atoms with Crippen molar-refractivity contribution in [3.05, 3.63) is 12.3 Å². The Kier molecular flexibility index (Phi) is 4.68. The summed E-state index contributed by atoms with van der Waals surface area (Å²) in [6.45, 7) is 11.2. The van der Waals surface area contributed by atoms with Gasteiger partial charge in [-0.3, -0.25) is 4.79 Å². The number of hydrogen-bond donors (Lipinski definition) is 1. The summed E-state index contributed by atoms with van der Waals surface area (Å²) in [5.41, 5.74) is 5.72. The third kappa shape index (κ3) is 6.52. The van der Waals surface area contributed by atoms with Crippen LogP contribution in [0.15, 0.2) is 12.3 Å². The van der Waals surface area contributed by atoms with E-state index in [1.807, 2.05) is 27.7 Å². The maximum Gasteiger partial charge on any atom is 0.306 e. The molecule has 0 aliphatic rings. The molecule has 0 aromatic carbocycles. The van der Waals surface area contributed by atoms with Gasteiger partial charge in [0.1, 0.15) is 5.60 Å². The van der Waals surface area contributed by atoms with Gasteiger partial charge < -0.3 is 10.5 Å². The Morgan fingerprint density at radius 1 is 1.50 bits per heavy atom. The summed E-state index contributed by atoms with van der Waals surface area (Å²) in [6.07, 6.45) is 1.10. The van der Waals surface area contributed by atoms with Crippen LogP contribution < -0.4 is 5.73 Å². The molecule has 0 rings (SSSR count). The molecule has 14 heavy (non-hydrogen) atoms. The summed E-state index contributed by atoms with van der Waals surface area (Å²) in [4.78, 5) is 11.3. The van der Waals surface area contributed by atoms with Gasteiger partial charge in [0.2, 0.25) is 0 Å². The van der Waals surface area contributed by atoms with Crippen molar-refractivity contribution in [3.63, 3.8) is 0 Å². The highest BCUT2D eigenvalue weighted by Gasteiger charge is 2.16. The first-order valence-corrected chi connectivity index (χ1v) is 4.88. The molecule has 0 heterocycles. The lowest BCUT2D eigenvalue weighted by atomic mass is 10.0. The van der Waals surface area contributed by atoms with E-state index in [0.717, 1.165) is 0 Å². The molecule has 1 unspecified atom stereocenters. The van der Waals surface area contributed by atoms with Crippen LogP contribution in [0.5, 0.6) is 0 Å². The number of rotatable bonds is 4. The molecule has 0 aromatic rings. The van der Waals surface area contributed by atoms with Crippen molar-refractivity contribution in [1.29, 1.82) is 0 Å². The van der Waals surface area contributed by atoms with Crippen molar-refractivity contribution in [2.45, 2.75) is 46.1 Å². The third-order valence-corrected chi connectivity index (χ3v) is 1.83. The number of carbonyl (C=O) groups excluding carboxylic acids is 1. The van der Waals surface area contributed by atoms with Crippen LogP contribution >= 0.6 is 0 Å². The molecule has 3 heteroatoms. The summed E-state index contributed by atoms with van der Waals surface area (Å²) in [6, 6.07) is 0. The first-order chi connectivity index (χ1) is 6.22. The van der Waals surface area contributed by atoms with Gasteiger partial charge in [-0.1, -0.05) is 13.5 Å². The lowest BCUT2D eigenvalue weighted by Gasteiger charge is -2.20. The van der Waals surface area contributed by atoms with E-state index in [2.05, 4.69) is 6.58 Å². The standard InChI is InChI=1S/C11H21NO2/c1-8(9(2)12)6-7-10(13)14-11(3,4)5/h8H,2,6-7,12H2,1,3-5H3. The van der Waals surface area contributed by atoms with Crippen molar-refractivity contribution in [2.24, 2.45) is 11.7 Å². The molecule has 0 spiro atoms. The second-order valence-electron chi connectivity index (χ2n) is 4.60. The van der Waals surface area contributed by atoms with Crippen LogP contribution in [0.2, 0.25) is 0 Å². The maximum atomic E-state index is 11.3. The number of ether oxygens (including phenoxy) is 1. The molecule has 2 N–H and O–H groups in total. The molecule has 3 nitrogen and oxygen atoms in total. The predicted octanol–water partition coefficient (Wildman–Crippen LogP) is 2.22. The second-order valence-corrected chi connectivity index (χ2v) is 4.60. The molecule has 0 saturated heterocycles. The van der Waals surface area contributed by atoms with Crippen LogP contribution in [-0.4, -0.2) is 11.6 Å². The van der Waals surface area contributed by atoms with Gasteiger partial charge in [0.05, 0.1) is 0 Å².